The van der Waals surface area contributed by atoms with Crippen LogP contribution < -0.4 is 19.5 Å². The molecule has 0 radical (unpaired) electrons. The van der Waals surface area contributed by atoms with Crippen molar-refractivity contribution in [2.45, 2.75) is 50.9 Å². The molecule has 2 aliphatic heterocycles. The number of nitrogens with zero attached hydrogens (tertiary/aromatic N) is 1. The minimum absolute atomic E-state index is 0.152. The van der Waals surface area contributed by atoms with Crippen LogP contribution in [0.2, 0.25) is 0 Å². The van der Waals surface area contributed by atoms with E-state index in [1.54, 1.807) is 12.1 Å². The summed E-state index contributed by atoms with van der Waals surface area (Å²) in [7, 11) is 0. The van der Waals surface area contributed by atoms with Crippen LogP contribution in [-0.2, 0) is 4.79 Å². The highest BCUT2D eigenvalue weighted by Crippen LogP contribution is 2.33. The number of hydrogen-bond acceptors (Lipinski definition) is 7. The lowest BCUT2D eigenvalue weighted by Gasteiger charge is -2.29. The molecule has 190 valence electrons. The van der Waals surface area contributed by atoms with Crippen molar-refractivity contribution in [2.24, 2.45) is 0 Å². The van der Waals surface area contributed by atoms with Crippen LogP contribution in [0.5, 0.6) is 17.2 Å². The van der Waals surface area contributed by atoms with E-state index < -0.39 is 18.2 Å². The number of likely N-dealkylation sites (tertiary alicyclic amines) is 1. The maximum atomic E-state index is 12.9. The van der Waals surface area contributed by atoms with Crippen molar-refractivity contribution in [2.75, 3.05) is 39.5 Å². The lowest BCUT2D eigenvalue weighted by atomic mass is 10.00. The molecule has 8 nitrogen and oxygen atoms in total. The Labute approximate surface area is 206 Å². The second-order valence-electron chi connectivity index (χ2n) is 9.09. The van der Waals surface area contributed by atoms with E-state index in [0.717, 1.165) is 37.2 Å². The van der Waals surface area contributed by atoms with Crippen LogP contribution in [0, 0.1) is 0 Å². The van der Waals surface area contributed by atoms with Gasteiger partial charge in [-0.2, -0.15) is 0 Å². The van der Waals surface area contributed by atoms with E-state index in [4.69, 9.17) is 14.2 Å². The van der Waals surface area contributed by atoms with Crippen LogP contribution in [0.3, 0.4) is 0 Å². The Morgan fingerprint density at radius 1 is 1.03 bits per heavy atom. The Morgan fingerprint density at radius 3 is 2.43 bits per heavy atom. The third-order valence-corrected chi connectivity index (χ3v) is 6.51. The molecular formula is C27H36N2O6. The zero-order chi connectivity index (χ0) is 24.6. The molecule has 8 heteroatoms. The number of carbonyl (C=O) groups excluding carboxylic acids is 1. The highest BCUT2D eigenvalue weighted by molar-refractivity contribution is 5.76. The number of nitrogens with one attached hydrogen (secondary N) is 1. The zero-order valence-corrected chi connectivity index (χ0v) is 20.3. The van der Waals surface area contributed by atoms with Gasteiger partial charge >= 0.3 is 0 Å². The van der Waals surface area contributed by atoms with Crippen molar-refractivity contribution in [3.63, 3.8) is 0 Å². The van der Waals surface area contributed by atoms with Crippen LogP contribution in [0.15, 0.2) is 42.5 Å². The van der Waals surface area contributed by atoms with E-state index in [2.05, 4.69) is 10.2 Å². The summed E-state index contributed by atoms with van der Waals surface area (Å²) in [6.45, 7) is 5.94. The molecule has 1 fully saturated rings. The summed E-state index contributed by atoms with van der Waals surface area (Å²) < 4.78 is 16.7. The monoisotopic (exact) mass is 484 g/mol. The Hall–Kier alpha value is -2.81. The number of rotatable bonds is 11. The van der Waals surface area contributed by atoms with E-state index in [9.17, 15) is 15.0 Å². The average molecular weight is 485 g/mol. The van der Waals surface area contributed by atoms with Gasteiger partial charge in [0.2, 0.25) is 5.91 Å². The summed E-state index contributed by atoms with van der Waals surface area (Å²) in [5.74, 6) is 1.82. The summed E-state index contributed by atoms with van der Waals surface area (Å²) in [5, 5.41) is 24.8. The molecule has 0 aromatic heterocycles. The van der Waals surface area contributed by atoms with E-state index in [-0.39, 0.29) is 18.7 Å². The molecule has 2 aromatic rings. The van der Waals surface area contributed by atoms with Crippen molar-refractivity contribution >= 4 is 5.91 Å². The van der Waals surface area contributed by atoms with Crippen LogP contribution in [0.25, 0.3) is 0 Å². The Bertz CT molecular complexity index is 961. The second kappa shape index (κ2) is 12.2. The number of benzene rings is 2. The standard InChI is InChI=1S/C27H36N2O6/c1-2-33-21-8-5-19(6-9-21)23(30)10-12-26(31)28-22(18-29-13-3-4-14-29)27(32)20-7-11-24-25(17-20)35-16-15-34-24/h5-9,11,17,22-23,27,30,32H,2-4,10,12-16,18H2,1H3,(H,28,31)/t22-,23?,27-/m1/s1. The molecule has 2 heterocycles. The number of ether oxygens (including phenoxy) is 3. The Kier molecular flexibility index (Phi) is 8.84. The number of fused-ring (bicyclic) bond motifs is 1. The predicted octanol–water partition coefficient (Wildman–Crippen LogP) is 2.98. The van der Waals surface area contributed by atoms with Gasteiger partial charge in [0.15, 0.2) is 11.5 Å². The summed E-state index contributed by atoms with van der Waals surface area (Å²) >= 11 is 0. The van der Waals surface area contributed by atoms with E-state index in [1.807, 2.05) is 37.3 Å². The van der Waals surface area contributed by atoms with Crippen LogP contribution in [0.4, 0.5) is 0 Å². The molecule has 1 unspecified atom stereocenters. The number of hydrogen-bond donors (Lipinski definition) is 3. The summed E-state index contributed by atoms with van der Waals surface area (Å²) in [6, 6.07) is 12.2. The number of aliphatic hydroxyl groups excluding tert-OH is 2. The van der Waals surface area contributed by atoms with Gasteiger partial charge in [-0.3, -0.25) is 4.79 Å². The quantitative estimate of drug-likeness (QED) is 0.451. The predicted molar refractivity (Wildman–Crippen MR) is 132 cm³/mol. The van der Waals surface area contributed by atoms with Gasteiger partial charge in [-0.1, -0.05) is 18.2 Å². The zero-order valence-electron chi connectivity index (χ0n) is 20.3. The van der Waals surface area contributed by atoms with Gasteiger partial charge < -0.3 is 34.6 Å². The Balaban J connectivity index is 1.37. The molecule has 3 N–H and O–H groups in total. The fourth-order valence-corrected chi connectivity index (χ4v) is 4.61. The van der Waals surface area contributed by atoms with Crippen LogP contribution in [0.1, 0.15) is 55.9 Å². The third-order valence-electron chi connectivity index (χ3n) is 6.51. The van der Waals surface area contributed by atoms with Crippen molar-refractivity contribution in [3.8, 4) is 17.2 Å². The van der Waals surface area contributed by atoms with Crippen molar-refractivity contribution in [1.82, 2.24) is 10.2 Å². The van der Waals surface area contributed by atoms with Crippen LogP contribution >= 0.6 is 0 Å². The maximum Gasteiger partial charge on any atom is 0.220 e. The third kappa shape index (κ3) is 6.87. The molecule has 3 atom stereocenters. The van der Waals surface area contributed by atoms with Crippen molar-refractivity contribution < 1.29 is 29.2 Å². The largest absolute Gasteiger partial charge is 0.494 e. The first kappa shape index (κ1) is 25.3. The lowest BCUT2D eigenvalue weighted by Crippen LogP contribution is -2.46. The normalized spacial score (nSPS) is 18.0. The molecule has 1 saturated heterocycles. The molecule has 2 aromatic carbocycles. The minimum atomic E-state index is -0.897. The van der Waals surface area contributed by atoms with E-state index >= 15 is 0 Å². The molecule has 4 rings (SSSR count). The summed E-state index contributed by atoms with van der Waals surface area (Å²) in [4.78, 5) is 15.1. The topological polar surface area (TPSA) is 100 Å². The molecule has 2 aliphatic rings. The number of aliphatic hydroxyl groups is 2. The highest BCUT2D eigenvalue weighted by Gasteiger charge is 2.28. The molecule has 35 heavy (non-hydrogen) atoms. The van der Waals surface area contributed by atoms with Gasteiger partial charge in [-0.25, -0.2) is 0 Å². The first-order chi connectivity index (χ1) is 17.0. The van der Waals surface area contributed by atoms with Crippen LogP contribution in [-0.4, -0.2) is 66.5 Å². The van der Waals surface area contributed by atoms with Crippen molar-refractivity contribution in [1.29, 1.82) is 0 Å². The molecular weight excluding hydrogens is 448 g/mol. The van der Waals surface area contributed by atoms with Gasteiger partial charge in [-0.05, 0) is 74.7 Å². The molecule has 1 amide bonds. The molecule has 0 aliphatic carbocycles. The first-order valence-corrected chi connectivity index (χ1v) is 12.5. The Morgan fingerprint density at radius 2 is 1.71 bits per heavy atom. The number of amides is 1. The van der Waals surface area contributed by atoms with Gasteiger partial charge in [0, 0.05) is 13.0 Å². The fraction of sp³-hybridized carbons (Fsp3) is 0.519. The number of carbonyl (C=O) groups is 1. The van der Waals surface area contributed by atoms with Gasteiger partial charge in [-0.15, -0.1) is 0 Å². The van der Waals surface area contributed by atoms with Gasteiger partial charge in [0.1, 0.15) is 25.1 Å². The summed E-state index contributed by atoms with van der Waals surface area (Å²) in [5.41, 5.74) is 1.42. The summed E-state index contributed by atoms with van der Waals surface area (Å²) in [6.07, 6.45) is 1.03. The average Bonchev–Trinajstić information content (AvgIpc) is 3.40. The lowest BCUT2D eigenvalue weighted by molar-refractivity contribution is -0.123. The maximum absolute atomic E-state index is 12.9. The molecule has 0 spiro atoms. The molecule has 0 bridgehead atoms. The van der Waals surface area contributed by atoms with E-state index in [1.165, 1.54) is 0 Å². The minimum Gasteiger partial charge on any atom is -0.494 e. The second-order valence-corrected chi connectivity index (χ2v) is 9.09. The first-order valence-electron chi connectivity index (χ1n) is 12.5. The fourth-order valence-electron chi connectivity index (χ4n) is 4.61. The van der Waals surface area contributed by atoms with Gasteiger partial charge in [0.05, 0.1) is 18.8 Å². The van der Waals surface area contributed by atoms with E-state index in [0.29, 0.717) is 43.4 Å². The highest BCUT2D eigenvalue weighted by atomic mass is 16.6. The smallest absolute Gasteiger partial charge is 0.220 e. The SMILES string of the molecule is CCOc1ccc(C(O)CCC(=O)N[C@H](CN2CCCC2)[C@H](O)c2ccc3c(c2)OCCO3)cc1. The van der Waals surface area contributed by atoms with Gasteiger partial charge in [0.25, 0.3) is 0 Å². The van der Waals surface area contributed by atoms with Crippen molar-refractivity contribution in [3.05, 3.63) is 53.6 Å². The molecule has 0 saturated carbocycles.